The zero-order chi connectivity index (χ0) is 37.8. The molecule has 0 aromatic heterocycles. The van der Waals surface area contributed by atoms with Crippen molar-refractivity contribution in [2.75, 3.05) is 13.2 Å². The largest absolute Gasteiger partial charge is 0.476 e. The molecule has 0 heterocycles. The van der Waals surface area contributed by atoms with Gasteiger partial charge >= 0.3 is 11.9 Å². The maximum Gasteiger partial charge on any atom is 0.350 e. The van der Waals surface area contributed by atoms with Gasteiger partial charge in [0, 0.05) is 16.5 Å². The molecule has 1 unspecified atom stereocenters. The maximum absolute atomic E-state index is 12.2. The molecule has 0 amide bonds. The molecule has 14 nitrogen and oxygen atoms in total. The number of hydrogen-bond donors (Lipinski definition) is 0. The van der Waals surface area contributed by atoms with Crippen LogP contribution in [0.25, 0.3) is 0 Å². The highest BCUT2D eigenvalue weighted by atomic mass is 35.5. The van der Waals surface area contributed by atoms with Gasteiger partial charge in [0.15, 0.2) is 35.7 Å². The van der Waals surface area contributed by atoms with Crippen molar-refractivity contribution in [3.63, 3.8) is 0 Å². The van der Waals surface area contributed by atoms with Gasteiger partial charge in [-0.3, -0.25) is 19.2 Å². The fourth-order valence-corrected chi connectivity index (χ4v) is 3.73. The topological polar surface area (TPSA) is 198 Å². The predicted molar refractivity (Wildman–Crippen MR) is 179 cm³/mol. The fourth-order valence-electron chi connectivity index (χ4n) is 3.48. The number of hydrogen-bond acceptors (Lipinski definition) is 14. The summed E-state index contributed by atoms with van der Waals surface area (Å²) < 4.78 is 20.8. The van der Waals surface area contributed by atoms with E-state index in [4.69, 9.17) is 42.1 Å². The highest BCUT2D eigenvalue weighted by Crippen LogP contribution is 2.24. The Balaban J connectivity index is 0.000000490. The fraction of sp³-hybridized carbons (Fsp3) is 0.455. The monoisotopic (exact) mass is 724 g/mol. The van der Waals surface area contributed by atoms with Crippen LogP contribution in [0.2, 0.25) is 10.0 Å². The third-order valence-corrected chi connectivity index (χ3v) is 7.16. The molecule has 0 aliphatic carbocycles. The number of ether oxygens (including phenoxy) is 4. The van der Waals surface area contributed by atoms with Crippen LogP contribution in [-0.4, -0.2) is 70.6 Å². The van der Waals surface area contributed by atoms with Crippen LogP contribution in [-0.2, 0) is 38.2 Å². The summed E-state index contributed by atoms with van der Waals surface area (Å²) in [6, 6.07) is 12.7. The van der Waals surface area contributed by atoms with Crippen LogP contribution in [0.3, 0.4) is 0 Å². The first-order chi connectivity index (χ1) is 22.6. The van der Waals surface area contributed by atoms with E-state index in [9.17, 15) is 38.6 Å². The molecule has 16 heteroatoms. The minimum atomic E-state index is -2.06. The van der Waals surface area contributed by atoms with E-state index in [1.807, 2.05) is 0 Å². The summed E-state index contributed by atoms with van der Waals surface area (Å²) in [6.45, 7) is 9.31. The molecular formula is C33H38Cl2N2O12. The van der Waals surface area contributed by atoms with E-state index in [0.717, 1.165) is 6.92 Å². The highest BCUT2D eigenvalue weighted by Gasteiger charge is 2.43. The molecule has 0 aliphatic rings. The summed E-state index contributed by atoms with van der Waals surface area (Å²) in [7, 11) is 0. The third kappa shape index (κ3) is 12.4. The first-order valence-electron chi connectivity index (χ1n) is 14.6. The van der Waals surface area contributed by atoms with Gasteiger partial charge in [0.05, 0.1) is 0 Å². The molecule has 0 aliphatic heterocycles. The summed E-state index contributed by atoms with van der Waals surface area (Å²) in [6.07, 6.45) is -0.0346. The summed E-state index contributed by atoms with van der Waals surface area (Å²) in [5.41, 5.74) is -6.54. The Labute approximate surface area is 293 Å². The van der Waals surface area contributed by atoms with E-state index < -0.39 is 70.6 Å². The molecule has 0 saturated carbocycles. The Morgan fingerprint density at radius 3 is 1.35 bits per heavy atom. The summed E-state index contributed by atoms with van der Waals surface area (Å²) >= 11 is 11.5. The second kappa shape index (κ2) is 17.7. The zero-order valence-electron chi connectivity index (χ0n) is 28.3. The number of ketones is 4. The Bertz CT molecular complexity index is 1550. The second-order valence-electron chi connectivity index (χ2n) is 12.1. The van der Waals surface area contributed by atoms with Crippen LogP contribution in [0, 0.1) is 9.81 Å². The quantitative estimate of drug-likeness (QED) is 0.0819. The lowest BCUT2D eigenvalue weighted by Gasteiger charge is -2.25. The number of benzene rings is 2. The number of Topliss-reactive ketones (excluding diaryl/α,β-unsaturated/α-hetero) is 4. The number of nitrogens with zero attached hydrogens (tertiary/aromatic N) is 2. The molecule has 1 atom stereocenters. The standard InChI is InChI=1S/C17H20ClNO6.C16H18ClNO6/c1-5-13(20)17(4,19-23)14(21)10-24-15(22)16(2,3)25-12-8-6-11(18)7-9-12;1-15(2,18-22)13(20)12(19)9-23-14(21)16(3,4)24-11-7-5-10(17)6-8-11/h6-9H,5,10H2,1-4H3;5-8H,9H2,1-4H3. The van der Waals surface area contributed by atoms with Crippen LogP contribution in [0.1, 0.15) is 61.8 Å². The van der Waals surface area contributed by atoms with E-state index in [1.54, 1.807) is 48.5 Å². The molecule has 49 heavy (non-hydrogen) atoms. The molecule has 2 aromatic rings. The molecule has 2 aromatic carbocycles. The molecule has 0 saturated heterocycles. The lowest BCUT2D eigenvalue weighted by atomic mass is 9.91. The zero-order valence-corrected chi connectivity index (χ0v) is 29.8. The molecule has 0 fully saturated rings. The SMILES string of the molecule is CC(C)(N=O)C(=O)C(=O)COC(=O)C(C)(C)Oc1ccc(Cl)cc1.CCC(=O)C(C)(N=O)C(=O)COC(=O)C(C)(C)Oc1ccc(Cl)cc1. The van der Waals surface area contributed by atoms with Gasteiger partial charge in [-0.05, 0) is 102 Å². The Morgan fingerprint density at radius 1 is 0.612 bits per heavy atom. The van der Waals surface area contributed by atoms with E-state index in [0.29, 0.717) is 21.5 Å². The van der Waals surface area contributed by atoms with E-state index in [2.05, 4.69) is 10.4 Å². The molecule has 0 bridgehead atoms. The van der Waals surface area contributed by atoms with Gasteiger partial charge in [-0.15, -0.1) is 9.81 Å². The summed E-state index contributed by atoms with van der Waals surface area (Å²) in [5.74, 6) is -4.46. The van der Waals surface area contributed by atoms with E-state index >= 15 is 0 Å². The average Bonchev–Trinajstić information content (AvgIpc) is 3.06. The van der Waals surface area contributed by atoms with Crippen molar-refractivity contribution in [1.82, 2.24) is 0 Å². The van der Waals surface area contributed by atoms with Crippen LogP contribution >= 0.6 is 23.2 Å². The van der Waals surface area contributed by atoms with Crippen molar-refractivity contribution in [1.29, 1.82) is 0 Å². The minimum Gasteiger partial charge on any atom is -0.476 e. The normalized spacial score (nSPS) is 12.5. The van der Waals surface area contributed by atoms with E-state index in [-0.39, 0.29) is 6.42 Å². The van der Waals surface area contributed by atoms with Gasteiger partial charge in [-0.2, -0.15) is 0 Å². The van der Waals surface area contributed by atoms with Crippen molar-refractivity contribution >= 4 is 58.3 Å². The van der Waals surface area contributed by atoms with Crippen LogP contribution in [0.15, 0.2) is 58.9 Å². The highest BCUT2D eigenvalue weighted by molar-refractivity contribution is 6.41. The van der Waals surface area contributed by atoms with Crippen molar-refractivity contribution in [2.24, 2.45) is 10.4 Å². The number of halogens is 2. The molecule has 0 N–H and O–H groups in total. The lowest BCUT2D eigenvalue weighted by molar-refractivity contribution is -0.163. The van der Waals surface area contributed by atoms with Crippen molar-refractivity contribution in [3.05, 3.63) is 68.4 Å². The predicted octanol–water partition coefficient (Wildman–Crippen LogP) is 5.84. The summed E-state index contributed by atoms with van der Waals surface area (Å²) in [5, 5.41) is 6.23. The van der Waals surface area contributed by atoms with Gasteiger partial charge in [-0.25, -0.2) is 9.59 Å². The average molecular weight is 726 g/mol. The van der Waals surface area contributed by atoms with Gasteiger partial charge in [0.25, 0.3) is 0 Å². The smallest absolute Gasteiger partial charge is 0.350 e. The molecule has 0 spiro atoms. The Hall–Kier alpha value is -4.56. The van der Waals surface area contributed by atoms with Crippen molar-refractivity contribution < 1.29 is 47.7 Å². The van der Waals surface area contributed by atoms with Crippen LogP contribution < -0.4 is 9.47 Å². The van der Waals surface area contributed by atoms with Crippen molar-refractivity contribution in [3.8, 4) is 11.5 Å². The number of rotatable bonds is 17. The van der Waals surface area contributed by atoms with Gasteiger partial charge in [0.2, 0.25) is 22.9 Å². The first-order valence-corrected chi connectivity index (χ1v) is 15.4. The molecule has 2 rings (SSSR count). The Kier molecular flexibility index (Phi) is 15.4. The van der Waals surface area contributed by atoms with Crippen LogP contribution in [0.4, 0.5) is 0 Å². The van der Waals surface area contributed by atoms with Gasteiger partial charge in [-0.1, -0.05) is 35.3 Å². The number of carbonyl (C=O) groups excluding carboxylic acids is 6. The van der Waals surface area contributed by atoms with Crippen LogP contribution in [0.5, 0.6) is 11.5 Å². The first kappa shape index (κ1) is 42.5. The van der Waals surface area contributed by atoms with E-state index in [1.165, 1.54) is 48.5 Å². The third-order valence-electron chi connectivity index (χ3n) is 6.65. The molecule has 0 radical (unpaired) electrons. The number of esters is 2. The number of nitroso groups, excluding NO2 is 2. The van der Waals surface area contributed by atoms with Crippen molar-refractivity contribution in [2.45, 2.75) is 84.1 Å². The summed E-state index contributed by atoms with van der Waals surface area (Å²) in [4.78, 5) is 92.9. The maximum atomic E-state index is 12.2. The number of carbonyl (C=O) groups is 6. The Morgan fingerprint density at radius 2 is 1.00 bits per heavy atom. The van der Waals surface area contributed by atoms with Gasteiger partial charge < -0.3 is 18.9 Å². The molecular weight excluding hydrogens is 687 g/mol. The second-order valence-corrected chi connectivity index (χ2v) is 12.9. The lowest BCUT2D eigenvalue weighted by Crippen LogP contribution is -2.46. The minimum absolute atomic E-state index is 0.0346. The van der Waals surface area contributed by atoms with Gasteiger partial charge in [0.1, 0.15) is 11.5 Å². The molecule has 266 valence electrons.